The Bertz CT molecular complexity index is 5010. The minimum Gasteiger partial charge on any atom is -0.453 e. The van der Waals surface area contributed by atoms with Crippen molar-refractivity contribution in [2.45, 2.75) is 157 Å². The zero-order chi connectivity index (χ0) is 85.1. The maximum Gasteiger partial charge on any atom is 0.338 e. The summed E-state index contributed by atoms with van der Waals surface area (Å²) in [5.74, 6) is -5.21. The van der Waals surface area contributed by atoms with E-state index in [9.17, 15) is 19.5 Å². The van der Waals surface area contributed by atoms with Crippen molar-refractivity contribution in [3.63, 3.8) is 0 Å². The molecule has 25 nitrogen and oxygen atoms in total. The van der Waals surface area contributed by atoms with Gasteiger partial charge in [-0.15, -0.1) is 0 Å². The Morgan fingerprint density at radius 3 is 1.14 bits per heavy atom. The van der Waals surface area contributed by atoms with Crippen molar-refractivity contribution in [2.75, 3.05) is 46.1 Å². The number of Topliss-reactive ketones (excluding diaryl/α,β-unsaturated/α-hetero) is 1. The summed E-state index contributed by atoms with van der Waals surface area (Å²) in [6.07, 6.45) is -26.9. The van der Waals surface area contributed by atoms with E-state index in [0.29, 0.717) is 23.2 Å². The highest BCUT2D eigenvalue weighted by Crippen LogP contribution is 2.45. The van der Waals surface area contributed by atoms with Gasteiger partial charge in [-0.2, -0.15) is 0 Å². The number of nitrogens with zero attached hydrogens (tertiary/aromatic N) is 1. The number of carbonyl (C=O) groups is 5. The van der Waals surface area contributed by atoms with Gasteiger partial charge in [0.15, 0.2) is 67.9 Å². The van der Waals surface area contributed by atoms with Crippen LogP contribution in [0.25, 0.3) is 0 Å². The van der Waals surface area contributed by atoms with Gasteiger partial charge in [-0.3, -0.25) is 9.69 Å². The van der Waals surface area contributed by atoms with E-state index < -0.39 is 159 Å². The van der Waals surface area contributed by atoms with Crippen LogP contribution in [0.5, 0.6) is 0 Å². The third-order valence-corrected chi connectivity index (χ3v) is 22.8. The van der Waals surface area contributed by atoms with Crippen LogP contribution in [0.15, 0.2) is 303 Å². The number of esters is 4. The molecule has 0 bridgehead atoms. The zero-order valence-electron chi connectivity index (χ0n) is 68.4. The third-order valence-electron chi connectivity index (χ3n) is 22.8. The predicted octanol–water partition coefficient (Wildman–Crippen LogP) is 13.6. The first-order valence-corrected chi connectivity index (χ1v) is 41.9. The Hall–Kier alpha value is -10.9. The van der Waals surface area contributed by atoms with Gasteiger partial charge in [0.2, 0.25) is 0 Å². The molecule has 22 atom stereocenters. The van der Waals surface area contributed by atoms with Crippen LogP contribution in [-0.2, 0) is 105 Å². The summed E-state index contributed by atoms with van der Waals surface area (Å²) in [6.45, 7) is 3.72. The second-order valence-electron chi connectivity index (χ2n) is 31.3. The van der Waals surface area contributed by atoms with E-state index in [-0.39, 0.29) is 87.4 Å². The number of benzene rings is 10. The molecule has 6 aliphatic heterocycles. The van der Waals surface area contributed by atoms with E-state index in [4.69, 9.17) is 85.3 Å². The summed E-state index contributed by atoms with van der Waals surface area (Å²) in [5.41, 5.74) is 5.14. The fourth-order valence-corrected chi connectivity index (χ4v) is 16.3. The second-order valence-corrected chi connectivity index (χ2v) is 31.3. The molecule has 16 rings (SSSR count). The highest BCUT2D eigenvalue weighted by molar-refractivity contribution is 5.97. The summed E-state index contributed by atoms with van der Waals surface area (Å²) in [7, 11) is 0. The molecule has 6 saturated heterocycles. The van der Waals surface area contributed by atoms with Gasteiger partial charge in [0.05, 0.1) is 87.3 Å². The average molecular weight is 1690 g/mol. The number of rotatable bonds is 33. The van der Waals surface area contributed by atoms with Gasteiger partial charge < -0.3 is 90.4 Å². The lowest BCUT2D eigenvalue weighted by Gasteiger charge is -2.53. The Labute approximate surface area is 719 Å². The van der Waals surface area contributed by atoms with E-state index in [1.54, 1.807) is 140 Å². The fraction of sp³-hybridized carbons (Fsp3) is 0.343. The first-order chi connectivity index (χ1) is 60.8. The van der Waals surface area contributed by atoms with Crippen molar-refractivity contribution in [2.24, 2.45) is 11.8 Å². The van der Waals surface area contributed by atoms with Gasteiger partial charge in [-0.05, 0) is 65.2 Å². The van der Waals surface area contributed by atoms with Crippen LogP contribution in [0, 0.1) is 11.8 Å². The molecular weight excluding hydrogens is 1590 g/mol. The van der Waals surface area contributed by atoms with Gasteiger partial charge in [-0.25, -0.2) is 19.2 Å². The molecule has 0 spiro atoms. The SMILES string of the molecule is CC1C(OC2OC3COC(c4ccccc4)OC3C(O)C2OC(=O)c2ccccc2)C(COCc2ccccc2)OC(OC2C3OC(c4ccccc4)OCC3OC(OC3C(COCc4ccccc4)OC(OCCN(CC(=O)c4ccccc4)Cc4ccccc4)C(OC(=O)c4ccccc4)C3C)C2OC(=O)c2ccccc2)C1OC(=O)c1ccccc1. The van der Waals surface area contributed by atoms with Crippen LogP contribution < -0.4 is 0 Å². The molecule has 25 heteroatoms. The largest absolute Gasteiger partial charge is 0.453 e. The van der Waals surface area contributed by atoms with Gasteiger partial charge in [0, 0.05) is 41.6 Å². The van der Waals surface area contributed by atoms with E-state index >= 15 is 9.59 Å². The number of hydrogen-bond acceptors (Lipinski definition) is 25. The van der Waals surface area contributed by atoms with Gasteiger partial charge in [0.25, 0.3) is 0 Å². The Morgan fingerprint density at radius 1 is 0.355 bits per heavy atom. The number of hydrogen-bond donors (Lipinski definition) is 1. The van der Waals surface area contributed by atoms with Crippen molar-refractivity contribution >= 4 is 29.7 Å². The monoisotopic (exact) mass is 1690 g/mol. The molecule has 124 heavy (non-hydrogen) atoms. The van der Waals surface area contributed by atoms with Gasteiger partial charge >= 0.3 is 23.9 Å². The molecule has 0 amide bonds. The lowest BCUT2D eigenvalue weighted by Crippen LogP contribution is -2.68. The first kappa shape index (κ1) is 86.6. The molecule has 6 heterocycles. The van der Waals surface area contributed by atoms with E-state index in [1.165, 1.54) is 0 Å². The molecule has 0 saturated carbocycles. The zero-order valence-corrected chi connectivity index (χ0v) is 68.4. The van der Waals surface area contributed by atoms with Crippen LogP contribution >= 0.6 is 0 Å². The lowest BCUT2D eigenvalue weighted by atomic mass is 9.89. The molecule has 0 radical (unpaired) electrons. The highest BCUT2D eigenvalue weighted by atomic mass is 16.8. The summed E-state index contributed by atoms with van der Waals surface area (Å²) < 4.78 is 124. The Balaban J connectivity index is 0.774. The Morgan fingerprint density at radius 2 is 0.694 bits per heavy atom. The predicted molar refractivity (Wildman–Crippen MR) is 447 cm³/mol. The number of aliphatic hydroxyl groups is 1. The molecule has 6 fully saturated rings. The van der Waals surface area contributed by atoms with E-state index in [2.05, 4.69) is 0 Å². The normalized spacial score (nSPS) is 28.5. The first-order valence-electron chi connectivity index (χ1n) is 41.9. The maximum absolute atomic E-state index is 15.5. The molecule has 10 aromatic rings. The fourth-order valence-electron chi connectivity index (χ4n) is 16.3. The van der Waals surface area contributed by atoms with Gasteiger partial charge in [-0.1, -0.05) is 269 Å². The van der Waals surface area contributed by atoms with Crippen molar-refractivity contribution in [1.82, 2.24) is 4.90 Å². The van der Waals surface area contributed by atoms with Crippen molar-refractivity contribution in [3.05, 3.63) is 359 Å². The van der Waals surface area contributed by atoms with E-state index in [0.717, 1.165) is 16.7 Å². The molecule has 1 N–H and O–H groups in total. The lowest BCUT2D eigenvalue weighted by molar-refractivity contribution is -0.408. The number of aliphatic hydroxyl groups excluding tert-OH is 1. The van der Waals surface area contributed by atoms with Crippen LogP contribution in [0.2, 0.25) is 0 Å². The number of ketones is 1. The summed E-state index contributed by atoms with van der Waals surface area (Å²) in [4.78, 5) is 75.9. The number of fused-ring (bicyclic) bond motifs is 2. The van der Waals surface area contributed by atoms with Crippen molar-refractivity contribution in [1.29, 1.82) is 0 Å². The van der Waals surface area contributed by atoms with Gasteiger partial charge in [0.1, 0.15) is 48.8 Å². The maximum atomic E-state index is 15.5. The van der Waals surface area contributed by atoms with E-state index in [1.807, 2.05) is 182 Å². The second kappa shape index (κ2) is 42.2. The van der Waals surface area contributed by atoms with Crippen molar-refractivity contribution < 1.29 is 114 Å². The third kappa shape index (κ3) is 21.7. The molecule has 0 aromatic heterocycles. The number of carbonyl (C=O) groups excluding carboxylic acids is 5. The average Bonchev–Trinajstić information content (AvgIpc) is 0.751. The molecule has 10 aromatic carbocycles. The minimum absolute atomic E-state index is 0.0235. The smallest absolute Gasteiger partial charge is 0.338 e. The standard InChI is InChI=1S/C99H99NO24/c1-63-81(76(59-107-57-66-35-15-4-16-36-66)112-96(83(63)116-90(103)69-41-21-7-22-42-69)109-54-53-100(55-65-33-13-3-14-34-65)56-75(101)68-39-19-6-20-40-68)121-99-89(119-93(106)72-47-27-10-28-48-72)88(86-79(115-99)62-111-95(123-86)74-51-31-12-32-52-74)124-97-84(117-91(104)70-43-23-8-24-44-70)64(2)82(77(113-97)60-108-58-67-37-17-5-18-38-67)120-98-87(118-92(105)71-45-25-9-26-46-71)80(102)85-78(114-98)61-110-94(122-85)73-49-29-11-30-50-73/h3-52,63-64,76-89,94-99,102H,53-62H2,1-2H3. The van der Waals surface area contributed by atoms with Crippen LogP contribution in [0.1, 0.15) is 106 Å². The number of ether oxygens (including phenoxy) is 18. The molecule has 0 aliphatic carbocycles. The Kier molecular flexibility index (Phi) is 29.5. The summed E-state index contributed by atoms with van der Waals surface area (Å²) >= 11 is 0. The molecular formula is C99H99NO24. The highest BCUT2D eigenvalue weighted by Gasteiger charge is 2.61. The van der Waals surface area contributed by atoms with Crippen LogP contribution in [-0.4, -0.2) is 196 Å². The minimum atomic E-state index is -1.70. The summed E-state index contributed by atoms with van der Waals surface area (Å²) in [5, 5.41) is 12.8. The molecule has 22 unspecified atom stereocenters. The molecule has 644 valence electrons. The van der Waals surface area contributed by atoms with Crippen LogP contribution in [0.3, 0.4) is 0 Å². The quantitative estimate of drug-likeness (QED) is 0.0227. The topological polar surface area (TPSA) is 275 Å². The van der Waals surface area contributed by atoms with Crippen molar-refractivity contribution in [3.8, 4) is 0 Å². The molecule has 6 aliphatic rings. The summed E-state index contributed by atoms with van der Waals surface area (Å²) in [6, 6.07) is 89.6. The van der Waals surface area contributed by atoms with Crippen LogP contribution in [0.4, 0.5) is 0 Å².